The van der Waals surface area contributed by atoms with Gasteiger partial charge in [-0.1, -0.05) is 18.6 Å². The molecule has 2 bridgehead atoms. The van der Waals surface area contributed by atoms with Crippen LogP contribution < -0.4 is 5.73 Å². The number of nitrogens with zero attached hydrogens (tertiary/aromatic N) is 1. The minimum atomic E-state index is 0.565. The maximum Gasteiger partial charge on any atom is 0.107 e. The lowest BCUT2D eigenvalue weighted by Crippen LogP contribution is -2.13. The molecule has 0 saturated heterocycles. The highest BCUT2D eigenvalue weighted by atomic mass is 14.9. The number of nitrogens with two attached hydrogens (primary N) is 1. The number of hydrogen-bond acceptors (Lipinski definition) is 2. The molecule has 3 atom stereocenters. The molecule has 100 valence electrons. The van der Waals surface area contributed by atoms with Gasteiger partial charge in [0.1, 0.15) is 5.82 Å². The maximum absolute atomic E-state index is 5.78. The van der Waals surface area contributed by atoms with E-state index in [1.54, 1.807) is 0 Å². The van der Waals surface area contributed by atoms with Crippen molar-refractivity contribution in [3.05, 3.63) is 29.6 Å². The highest BCUT2D eigenvalue weighted by Gasteiger charge is 2.39. The molecular formula is C16H21N3. The van der Waals surface area contributed by atoms with Crippen LogP contribution in [0.5, 0.6) is 0 Å². The minimum absolute atomic E-state index is 0.565. The second-order valence-corrected chi connectivity index (χ2v) is 6.34. The van der Waals surface area contributed by atoms with E-state index in [9.17, 15) is 0 Å². The molecule has 1 heterocycles. The number of rotatable bonds is 3. The molecule has 2 aliphatic carbocycles. The Bertz CT molecular complexity index is 601. The zero-order valence-electron chi connectivity index (χ0n) is 11.2. The lowest BCUT2D eigenvalue weighted by atomic mass is 9.86. The molecule has 0 aliphatic heterocycles. The van der Waals surface area contributed by atoms with Crippen molar-refractivity contribution in [2.24, 2.45) is 23.5 Å². The molecule has 19 heavy (non-hydrogen) atoms. The van der Waals surface area contributed by atoms with Gasteiger partial charge in [-0.15, -0.1) is 0 Å². The predicted molar refractivity (Wildman–Crippen MR) is 76.6 cm³/mol. The van der Waals surface area contributed by atoms with Gasteiger partial charge in [0, 0.05) is 13.0 Å². The van der Waals surface area contributed by atoms with E-state index in [1.807, 2.05) is 0 Å². The molecule has 2 saturated carbocycles. The van der Waals surface area contributed by atoms with Crippen LogP contribution in [0, 0.1) is 17.8 Å². The number of nitrogens with one attached hydrogen (secondary N) is 1. The number of fused-ring (bicyclic) bond motifs is 3. The Morgan fingerprint density at radius 1 is 1.26 bits per heavy atom. The quantitative estimate of drug-likeness (QED) is 0.885. The lowest BCUT2D eigenvalue weighted by Gasteiger charge is -2.20. The van der Waals surface area contributed by atoms with Crippen LogP contribution in [0.4, 0.5) is 0 Å². The van der Waals surface area contributed by atoms with E-state index in [1.165, 1.54) is 25.7 Å². The van der Waals surface area contributed by atoms with Gasteiger partial charge < -0.3 is 10.7 Å². The Balaban J connectivity index is 1.61. The van der Waals surface area contributed by atoms with Crippen LogP contribution in [0.15, 0.2) is 18.2 Å². The Labute approximate surface area is 113 Å². The molecule has 2 fully saturated rings. The molecule has 2 aromatic rings. The van der Waals surface area contributed by atoms with Crippen LogP contribution in [0.2, 0.25) is 0 Å². The van der Waals surface area contributed by atoms with Crippen molar-refractivity contribution in [2.45, 2.75) is 38.6 Å². The van der Waals surface area contributed by atoms with Crippen LogP contribution in [0.25, 0.3) is 11.0 Å². The van der Waals surface area contributed by atoms with Crippen LogP contribution in [-0.2, 0) is 13.0 Å². The van der Waals surface area contributed by atoms with E-state index in [2.05, 4.69) is 23.2 Å². The second kappa shape index (κ2) is 4.34. The van der Waals surface area contributed by atoms with Gasteiger partial charge in [-0.3, -0.25) is 0 Å². The first-order valence-electron chi connectivity index (χ1n) is 7.50. The van der Waals surface area contributed by atoms with E-state index in [0.717, 1.165) is 46.6 Å². The van der Waals surface area contributed by atoms with Crippen LogP contribution in [0.1, 0.15) is 37.1 Å². The van der Waals surface area contributed by atoms with Gasteiger partial charge in [-0.05, 0) is 48.6 Å². The number of imidazole rings is 1. The van der Waals surface area contributed by atoms with Gasteiger partial charge in [0.2, 0.25) is 0 Å². The smallest absolute Gasteiger partial charge is 0.107 e. The van der Waals surface area contributed by atoms with E-state index >= 15 is 0 Å². The van der Waals surface area contributed by atoms with Crippen molar-refractivity contribution in [2.75, 3.05) is 0 Å². The fourth-order valence-electron chi connectivity index (χ4n) is 4.28. The SMILES string of the molecule is NCc1cccc2[nH]c(CC3CC4CCC3C4)nc12. The zero-order chi connectivity index (χ0) is 12.8. The van der Waals surface area contributed by atoms with Crippen molar-refractivity contribution in [3.8, 4) is 0 Å². The Kier molecular flexibility index (Phi) is 2.62. The molecule has 0 radical (unpaired) electrons. The van der Waals surface area contributed by atoms with Gasteiger partial charge >= 0.3 is 0 Å². The largest absolute Gasteiger partial charge is 0.342 e. The summed E-state index contributed by atoms with van der Waals surface area (Å²) in [5, 5.41) is 0. The summed E-state index contributed by atoms with van der Waals surface area (Å²) in [7, 11) is 0. The molecule has 2 aliphatic rings. The monoisotopic (exact) mass is 255 g/mol. The molecule has 1 aromatic carbocycles. The molecule has 3 unspecified atom stereocenters. The average Bonchev–Trinajstić information content (AvgIpc) is 3.11. The fourth-order valence-corrected chi connectivity index (χ4v) is 4.28. The van der Waals surface area contributed by atoms with E-state index in [-0.39, 0.29) is 0 Å². The topological polar surface area (TPSA) is 54.7 Å². The van der Waals surface area contributed by atoms with Gasteiger partial charge in [-0.25, -0.2) is 4.98 Å². The third-order valence-corrected chi connectivity index (χ3v) is 5.21. The number of hydrogen-bond donors (Lipinski definition) is 2. The number of para-hydroxylation sites is 1. The van der Waals surface area contributed by atoms with Crippen LogP contribution >= 0.6 is 0 Å². The van der Waals surface area contributed by atoms with Crippen molar-refractivity contribution in [3.63, 3.8) is 0 Å². The summed E-state index contributed by atoms with van der Waals surface area (Å²) >= 11 is 0. The predicted octanol–water partition coefficient (Wildman–Crippen LogP) is 3.00. The summed E-state index contributed by atoms with van der Waals surface area (Å²) in [6, 6.07) is 6.24. The van der Waals surface area contributed by atoms with E-state index in [0.29, 0.717) is 6.54 Å². The Morgan fingerprint density at radius 3 is 2.95 bits per heavy atom. The third kappa shape index (κ3) is 1.88. The summed E-state index contributed by atoms with van der Waals surface area (Å²) in [5.74, 6) is 4.00. The summed E-state index contributed by atoms with van der Waals surface area (Å²) < 4.78 is 0. The van der Waals surface area contributed by atoms with Gasteiger partial charge in [0.15, 0.2) is 0 Å². The van der Waals surface area contributed by atoms with Crippen molar-refractivity contribution in [1.82, 2.24) is 9.97 Å². The molecule has 0 spiro atoms. The Morgan fingerprint density at radius 2 is 2.21 bits per heavy atom. The summed E-state index contributed by atoms with van der Waals surface area (Å²) in [6.45, 7) is 0.565. The van der Waals surface area contributed by atoms with E-state index < -0.39 is 0 Å². The fraction of sp³-hybridized carbons (Fsp3) is 0.562. The number of aromatic nitrogens is 2. The summed E-state index contributed by atoms with van der Waals surface area (Å²) in [6.07, 6.45) is 6.94. The third-order valence-electron chi connectivity index (χ3n) is 5.21. The maximum atomic E-state index is 5.78. The highest BCUT2D eigenvalue weighted by molar-refractivity contribution is 5.78. The minimum Gasteiger partial charge on any atom is -0.342 e. The highest BCUT2D eigenvalue weighted by Crippen LogP contribution is 2.49. The lowest BCUT2D eigenvalue weighted by molar-refractivity contribution is 0.327. The molecule has 4 rings (SSSR count). The molecule has 1 aromatic heterocycles. The second-order valence-electron chi connectivity index (χ2n) is 6.34. The molecular weight excluding hydrogens is 234 g/mol. The first-order chi connectivity index (χ1) is 9.33. The normalized spacial score (nSPS) is 29.4. The summed E-state index contributed by atoms with van der Waals surface area (Å²) in [4.78, 5) is 8.29. The zero-order valence-corrected chi connectivity index (χ0v) is 11.2. The molecule has 0 amide bonds. The standard InChI is InChI=1S/C16H21N3/c17-9-12-2-1-3-14-16(12)19-15(18-14)8-13-7-10-4-5-11(13)6-10/h1-3,10-11,13H,4-9,17H2,(H,18,19). The Hall–Kier alpha value is -1.35. The number of H-pyrrole nitrogens is 1. The van der Waals surface area contributed by atoms with Crippen LogP contribution in [0.3, 0.4) is 0 Å². The molecule has 3 heteroatoms. The van der Waals surface area contributed by atoms with E-state index in [4.69, 9.17) is 10.7 Å². The molecule has 3 N–H and O–H groups in total. The average molecular weight is 255 g/mol. The number of benzene rings is 1. The van der Waals surface area contributed by atoms with Crippen molar-refractivity contribution >= 4 is 11.0 Å². The molecule has 3 nitrogen and oxygen atoms in total. The summed E-state index contributed by atoms with van der Waals surface area (Å²) in [5.41, 5.74) is 9.14. The van der Waals surface area contributed by atoms with Crippen LogP contribution in [-0.4, -0.2) is 9.97 Å². The first-order valence-corrected chi connectivity index (χ1v) is 7.50. The van der Waals surface area contributed by atoms with Gasteiger partial charge in [0.25, 0.3) is 0 Å². The van der Waals surface area contributed by atoms with Crippen molar-refractivity contribution in [1.29, 1.82) is 0 Å². The number of aromatic amines is 1. The first kappa shape index (κ1) is 11.5. The van der Waals surface area contributed by atoms with Crippen molar-refractivity contribution < 1.29 is 0 Å². The van der Waals surface area contributed by atoms with Gasteiger partial charge in [0.05, 0.1) is 11.0 Å². The van der Waals surface area contributed by atoms with Gasteiger partial charge in [-0.2, -0.15) is 0 Å².